The maximum Gasteiger partial charge on any atom is 0.126 e. The van der Waals surface area contributed by atoms with Crippen LogP contribution in [0.25, 0.3) is 0 Å². The van der Waals surface area contributed by atoms with E-state index in [2.05, 4.69) is 46.1 Å². The van der Waals surface area contributed by atoms with Gasteiger partial charge in [0.05, 0.1) is 6.04 Å². The molecule has 2 rings (SSSR count). The lowest BCUT2D eigenvalue weighted by Crippen LogP contribution is -2.22. The van der Waals surface area contributed by atoms with E-state index in [1.807, 2.05) is 38.3 Å². The molecule has 1 aromatic heterocycles. The molecule has 0 amide bonds. The van der Waals surface area contributed by atoms with E-state index in [-0.39, 0.29) is 6.04 Å². The summed E-state index contributed by atoms with van der Waals surface area (Å²) in [5.74, 6) is 2.06. The molecular formula is C14H19N3S. The van der Waals surface area contributed by atoms with Crippen LogP contribution in [0.15, 0.2) is 41.6 Å². The fourth-order valence-electron chi connectivity index (χ4n) is 1.88. The van der Waals surface area contributed by atoms with Crippen molar-refractivity contribution in [1.29, 1.82) is 0 Å². The Morgan fingerprint density at radius 2 is 2.28 bits per heavy atom. The lowest BCUT2D eigenvalue weighted by Gasteiger charge is -2.15. The van der Waals surface area contributed by atoms with Gasteiger partial charge in [0.25, 0.3) is 0 Å². The molecule has 0 saturated heterocycles. The summed E-state index contributed by atoms with van der Waals surface area (Å²) in [6.45, 7) is 2.12. The van der Waals surface area contributed by atoms with Crippen LogP contribution in [0.2, 0.25) is 0 Å². The number of thioether (sulfide) groups is 1. The molecule has 0 radical (unpaired) electrons. The Morgan fingerprint density at radius 1 is 1.44 bits per heavy atom. The number of nitrogens with one attached hydrogen (secondary N) is 1. The molecule has 1 heterocycles. The van der Waals surface area contributed by atoms with Gasteiger partial charge in [-0.1, -0.05) is 17.7 Å². The quantitative estimate of drug-likeness (QED) is 0.839. The van der Waals surface area contributed by atoms with Gasteiger partial charge in [-0.05, 0) is 26.1 Å². The van der Waals surface area contributed by atoms with Crippen molar-refractivity contribution in [1.82, 2.24) is 14.9 Å². The minimum Gasteiger partial charge on any atom is -0.337 e. The van der Waals surface area contributed by atoms with Crippen LogP contribution in [-0.2, 0) is 7.05 Å². The largest absolute Gasteiger partial charge is 0.337 e. The Labute approximate surface area is 113 Å². The zero-order chi connectivity index (χ0) is 13.0. The van der Waals surface area contributed by atoms with Crippen molar-refractivity contribution >= 4 is 11.8 Å². The molecule has 3 nitrogen and oxygen atoms in total. The monoisotopic (exact) mass is 261 g/mol. The van der Waals surface area contributed by atoms with Crippen LogP contribution in [0.5, 0.6) is 0 Å². The van der Waals surface area contributed by atoms with Gasteiger partial charge in [-0.25, -0.2) is 4.98 Å². The third kappa shape index (κ3) is 3.15. The second-order valence-corrected chi connectivity index (χ2v) is 5.46. The normalized spacial score (nSPS) is 12.6. The van der Waals surface area contributed by atoms with E-state index in [0.29, 0.717) is 0 Å². The molecule has 1 atom stereocenters. The average molecular weight is 261 g/mol. The van der Waals surface area contributed by atoms with Gasteiger partial charge >= 0.3 is 0 Å². The average Bonchev–Trinajstić information content (AvgIpc) is 2.77. The molecule has 4 heteroatoms. The first-order chi connectivity index (χ1) is 8.70. The summed E-state index contributed by atoms with van der Waals surface area (Å²) in [4.78, 5) is 5.71. The molecule has 0 saturated carbocycles. The van der Waals surface area contributed by atoms with Crippen LogP contribution in [0, 0.1) is 6.92 Å². The molecule has 0 fully saturated rings. The second kappa shape index (κ2) is 6.07. The van der Waals surface area contributed by atoms with Crippen molar-refractivity contribution < 1.29 is 0 Å². The highest BCUT2D eigenvalue weighted by atomic mass is 32.2. The summed E-state index contributed by atoms with van der Waals surface area (Å²) < 4.78 is 2.07. The highest BCUT2D eigenvalue weighted by Gasteiger charge is 2.13. The number of hydrogen-bond donors (Lipinski definition) is 1. The minimum atomic E-state index is 0.274. The first-order valence-corrected chi connectivity index (χ1v) is 7.03. The molecule has 2 aromatic rings. The van der Waals surface area contributed by atoms with E-state index in [1.165, 1.54) is 10.5 Å². The summed E-state index contributed by atoms with van der Waals surface area (Å²) in [5.41, 5.74) is 1.30. The first kappa shape index (κ1) is 13.2. The van der Waals surface area contributed by atoms with E-state index in [0.717, 1.165) is 11.6 Å². The van der Waals surface area contributed by atoms with Crippen molar-refractivity contribution in [2.45, 2.75) is 17.9 Å². The Balaban J connectivity index is 2.02. The Bertz CT molecular complexity index is 507. The number of hydrogen-bond acceptors (Lipinski definition) is 3. The lowest BCUT2D eigenvalue weighted by atomic mass is 10.2. The second-order valence-electron chi connectivity index (χ2n) is 4.37. The zero-order valence-electron chi connectivity index (χ0n) is 11.1. The van der Waals surface area contributed by atoms with Crippen molar-refractivity contribution in [2.24, 2.45) is 7.05 Å². The number of rotatable bonds is 5. The molecule has 1 unspecified atom stereocenters. The maximum atomic E-state index is 4.40. The van der Waals surface area contributed by atoms with Gasteiger partial charge in [-0.2, -0.15) is 0 Å². The molecule has 1 aromatic carbocycles. The van der Waals surface area contributed by atoms with Crippen molar-refractivity contribution in [3.05, 3.63) is 48.0 Å². The standard InChI is InChI=1S/C14H19N3S/c1-11-5-4-6-12(9-11)18-10-13(15-2)14-16-7-8-17(14)3/h4-9,13,15H,10H2,1-3H3. The number of nitrogens with zero attached hydrogens (tertiary/aromatic N) is 2. The van der Waals surface area contributed by atoms with Gasteiger partial charge in [0, 0.05) is 30.1 Å². The number of aromatic nitrogens is 2. The van der Waals surface area contributed by atoms with E-state index >= 15 is 0 Å². The van der Waals surface area contributed by atoms with E-state index in [1.54, 1.807) is 0 Å². The molecule has 96 valence electrons. The minimum absolute atomic E-state index is 0.274. The smallest absolute Gasteiger partial charge is 0.126 e. The van der Waals surface area contributed by atoms with E-state index in [9.17, 15) is 0 Å². The third-order valence-corrected chi connectivity index (χ3v) is 4.01. The van der Waals surface area contributed by atoms with E-state index < -0.39 is 0 Å². The summed E-state index contributed by atoms with van der Waals surface area (Å²) in [5, 5.41) is 3.33. The third-order valence-electron chi connectivity index (χ3n) is 2.92. The first-order valence-electron chi connectivity index (χ1n) is 6.04. The van der Waals surface area contributed by atoms with Crippen LogP contribution < -0.4 is 5.32 Å². The fraction of sp³-hybridized carbons (Fsp3) is 0.357. The number of benzene rings is 1. The van der Waals surface area contributed by atoms with Crippen molar-refractivity contribution in [2.75, 3.05) is 12.8 Å². The summed E-state index contributed by atoms with van der Waals surface area (Å²) in [6.07, 6.45) is 3.83. The van der Waals surface area contributed by atoms with Crippen LogP contribution in [0.1, 0.15) is 17.4 Å². The zero-order valence-corrected chi connectivity index (χ0v) is 11.9. The van der Waals surface area contributed by atoms with E-state index in [4.69, 9.17) is 0 Å². The Kier molecular flexibility index (Phi) is 4.44. The Hall–Kier alpha value is -1.26. The van der Waals surface area contributed by atoms with Crippen molar-refractivity contribution in [3.63, 3.8) is 0 Å². The van der Waals surface area contributed by atoms with Gasteiger partial charge in [-0.15, -0.1) is 11.8 Å². The molecule has 1 N–H and O–H groups in total. The topological polar surface area (TPSA) is 29.9 Å². The van der Waals surface area contributed by atoms with Gasteiger partial charge in [0.2, 0.25) is 0 Å². The van der Waals surface area contributed by atoms with Crippen LogP contribution in [0.4, 0.5) is 0 Å². The molecule has 0 aliphatic carbocycles. The molecule has 0 bridgehead atoms. The number of imidazole rings is 1. The highest BCUT2D eigenvalue weighted by molar-refractivity contribution is 7.99. The lowest BCUT2D eigenvalue weighted by molar-refractivity contribution is 0.593. The summed E-state index contributed by atoms with van der Waals surface area (Å²) in [7, 11) is 4.01. The predicted octanol–water partition coefficient (Wildman–Crippen LogP) is 2.78. The van der Waals surface area contributed by atoms with Gasteiger partial charge < -0.3 is 9.88 Å². The summed E-state index contributed by atoms with van der Waals surface area (Å²) in [6, 6.07) is 8.87. The molecule has 0 aliphatic rings. The van der Waals surface area contributed by atoms with Crippen LogP contribution >= 0.6 is 11.8 Å². The van der Waals surface area contributed by atoms with Gasteiger partial charge in [-0.3, -0.25) is 0 Å². The van der Waals surface area contributed by atoms with Gasteiger partial charge in [0.15, 0.2) is 0 Å². The molecule has 0 spiro atoms. The highest BCUT2D eigenvalue weighted by Crippen LogP contribution is 2.24. The summed E-state index contributed by atoms with van der Waals surface area (Å²) >= 11 is 1.86. The fourth-order valence-corrected chi connectivity index (χ4v) is 3.00. The number of aryl methyl sites for hydroxylation is 2. The van der Waals surface area contributed by atoms with Gasteiger partial charge in [0.1, 0.15) is 5.82 Å². The molecular weight excluding hydrogens is 242 g/mol. The SMILES string of the molecule is CNC(CSc1cccc(C)c1)c1nccn1C. The molecule has 18 heavy (non-hydrogen) atoms. The predicted molar refractivity (Wildman–Crippen MR) is 76.9 cm³/mol. The Morgan fingerprint density at radius 3 is 2.89 bits per heavy atom. The molecule has 0 aliphatic heterocycles. The van der Waals surface area contributed by atoms with Crippen LogP contribution in [-0.4, -0.2) is 22.4 Å². The van der Waals surface area contributed by atoms with Crippen molar-refractivity contribution in [3.8, 4) is 0 Å². The maximum absolute atomic E-state index is 4.40. The van der Waals surface area contributed by atoms with Crippen LogP contribution in [0.3, 0.4) is 0 Å².